The molecule has 1 fully saturated rings. The average molecular weight is 257 g/mol. The van der Waals surface area contributed by atoms with E-state index in [9.17, 15) is 5.11 Å². The second-order valence-electron chi connectivity index (χ2n) is 3.37. The summed E-state index contributed by atoms with van der Waals surface area (Å²) in [6.45, 7) is 3.85. The normalized spacial score (nSPS) is 17.1. The van der Waals surface area contributed by atoms with Gasteiger partial charge in [-0.1, -0.05) is 15.9 Å². The first-order valence-corrected chi connectivity index (χ1v) is 5.51. The molecule has 2 N–H and O–H groups in total. The average Bonchev–Trinajstić information content (AvgIpc) is 2.23. The molecule has 0 aromatic heterocycles. The van der Waals surface area contributed by atoms with Gasteiger partial charge in [-0.25, -0.2) is 0 Å². The van der Waals surface area contributed by atoms with Gasteiger partial charge >= 0.3 is 0 Å². The van der Waals surface area contributed by atoms with Crippen LogP contribution < -0.4 is 10.2 Å². The molecular weight excluding hydrogens is 244 g/mol. The van der Waals surface area contributed by atoms with E-state index in [2.05, 4.69) is 26.1 Å². The zero-order valence-corrected chi connectivity index (χ0v) is 9.42. The number of benzene rings is 1. The van der Waals surface area contributed by atoms with E-state index in [0.29, 0.717) is 5.75 Å². The van der Waals surface area contributed by atoms with Crippen molar-refractivity contribution in [2.75, 3.05) is 31.1 Å². The number of hydrogen-bond acceptors (Lipinski definition) is 3. The van der Waals surface area contributed by atoms with Gasteiger partial charge in [-0.05, 0) is 18.2 Å². The smallest absolute Gasteiger partial charge is 0.138 e. The molecule has 1 heterocycles. The molecular formula is C10H13BrN2O. The summed E-state index contributed by atoms with van der Waals surface area (Å²) in [5.41, 5.74) is 0.917. The summed E-state index contributed by atoms with van der Waals surface area (Å²) < 4.78 is 1.00. The summed E-state index contributed by atoms with van der Waals surface area (Å²) in [5, 5.41) is 13.0. The Labute approximate surface area is 91.9 Å². The fraction of sp³-hybridized carbons (Fsp3) is 0.400. The maximum absolute atomic E-state index is 9.70. The van der Waals surface area contributed by atoms with Crippen LogP contribution in [-0.4, -0.2) is 31.3 Å². The van der Waals surface area contributed by atoms with E-state index >= 15 is 0 Å². The number of piperazine rings is 1. The Hall–Kier alpha value is -0.740. The van der Waals surface area contributed by atoms with Crippen LogP contribution in [0.1, 0.15) is 0 Å². The number of aromatic hydroxyl groups is 1. The third kappa shape index (κ3) is 2.01. The van der Waals surface area contributed by atoms with Gasteiger partial charge in [0.05, 0.1) is 5.69 Å². The summed E-state index contributed by atoms with van der Waals surface area (Å²) >= 11 is 3.41. The number of nitrogens with one attached hydrogen (secondary N) is 1. The highest BCUT2D eigenvalue weighted by Gasteiger charge is 2.13. The van der Waals surface area contributed by atoms with E-state index in [1.54, 1.807) is 6.07 Å². The molecule has 0 spiro atoms. The maximum atomic E-state index is 9.70. The Balaban J connectivity index is 2.24. The van der Waals surface area contributed by atoms with Crippen LogP contribution in [0.5, 0.6) is 5.75 Å². The van der Waals surface area contributed by atoms with E-state index in [4.69, 9.17) is 0 Å². The van der Waals surface area contributed by atoms with E-state index in [-0.39, 0.29) is 0 Å². The number of halogens is 1. The van der Waals surface area contributed by atoms with Crippen LogP contribution in [0.4, 0.5) is 5.69 Å². The summed E-state index contributed by atoms with van der Waals surface area (Å²) in [4.78, 5) is 2.19. The summed E-state index contributed by atoms with van der Waals surface area (Å²) in [5.74, 6) is 0.357. The molecule has 4 heteroatoms. The maximum Gasteiger partial charge on any atom is 0.138 e. The summed E-state index contributed by atoms with van der Waals surface area (Å²) in [7, 11) is 0. The minimum absolute atomic E-state index is 0.357. The number of rotatable bonds is 1. The first-order valence-electron chi connectivity index (χ1n) is 4.71. The lowest BCUT2D eigenvalue weighted by molar-refractivity contribution is 0.470. The van der Waals surface area contributed by atoms with Crippen LogP contribution in [0.3, 0.4) is 0 Å². The first kappa shape index (κ1) is 9.80. The summed E-state index contributed by atoms with van der Waals surface area (Å²) in [6, 6.07) is 5.53. The fourth-order valence-corrected chi connectivity index (χ4v) is 2.00. The highest BCUT2D eigenvalue weighted by molar-refractivity contribution is 9.10. The number of hydrogen-bond donors (Lipinski definition) is 2. The molecule has 0 atom stereocenters. The number of anilines is 1. The van der Waals surface area contributed by atoms with E-state index in [1.807, 2.05) is 12.1 Å². The van der Waals surface area contributed by atoms with Gasteiger partial charge in [0.2, 0.25) is 0 Å². The zero-order chi connectivity index (χ0) is 9.97. The Morgan fingerprint density at radius 1 is 1.29 bits per heavy atom. The SMILES string of the molecule is Oc1ccc(Br)cc1N1CCNCC1. The van der Waals surface area contributed by atoms with E-state index in [1.165, 1.54) is 0 Å². The van der Waals surface area contributed by atoms with Gasteiger partial charge in [0.15, 0.2) is 0 Å². The van der Waals surface area contributed by atoms with Crippen LogP contribution in [0.15, 0.2) is 22.7 Å². The minimum Gasteiger partial charge on any atom is -0.506 e. The van der Waals surface area contributed by atoms with Gasteiger partial charge in [0.1, 0.15) is 5.75 Å². The van der Waals surface area contributed by atoms with Crippen molar-refractivity contribution in [3.63, 3.8) is 0 Å². The molecule has 0 unspecified atom stereocenters. The van der Waals surface area contributed by atoms with Gasteiger partial charge in [-0.2, -0.15) is 0 Å². The van der Waals surface area contributed by atoms with Gasteiger partial charge in [0, 0.05) is 30.7 Å². The lowest BCUT2D eigenvalue weighted by atomic mass is 10.2. The Bertz CT molecular complexity index is 324. The van der Waals surface area contributed by atoms with Gasteiger partial charge < -0.3 is 15.3 Å². The molecule has 1 aromatic carbocycles. The molecule has 0 radical (unpaired) electrons. The first-order chi connectivity index (χ1) is 6.77. The van der Waals surface area contributed by atoms with Gasteiger partial charge in [-0.15, -0.1) is 0 Å². The molecule has 3 nitrogen and oxygen atoms in total. The fourth-order valence-electron chi connectivity index (χ4n) is 1.66. The van der Waals surface area contributed by atoms with Crippen molar-refractivity contribution < 1.29 is 5.11 Å². The predicted molar refractivity (Wildman–Crippen MR) is 60.9 cm³/mol. The van der Waals surface area contributed by atoms with Gasteiger partial charge in [-0.3, -0.25) is 0 Å². The van der Waals surface area contributed by atoms with Crippen molar-refractivity contribution in [2.45, 2.75) is 0 Å². The van der Waals surface area contributed by atoms with Crippen molar-refractivity contribution in [3.8, 4) is 5.75 Å². The molecule has 0 saturated carbocycles. The topological polar surface area (TPSA) is 35.5 Å². The van der Waals surface area contributed by atoms with Crippen LogP contribution in [-0.2, 0) is 0 Å². The summed E-state index contributed by atoms with van der Waals surface area (Å²) in [6.07, 6.45) is 0. The third-order valence-corrected chi connectivity index (χ3v) is 2.89. The highest BCUT2D eigenvalue weighted by Crippen LogP contribution is 2.30. The largest absolute Gasteiger partial charge is 0.506 e. The predicted octanol–water partition coefficient (Wildman–Crippen LogP) is 1.56. The van der Waals surface area contributed by atoms with Crippen LogP contribution in [0, 0.1) is 0 Å². The van der Waals surface area contributed by atoms with Crippen LogP contribution >= 0.6 is 15.9 Å². The van der Waals surface area contributed by atoms with Crippen molar-refractivity contribution in [3.05, 3.63) is 22.7 Å². The molecule has 1 aliphatic heterocycles. The van der Waals surface area contributed by atoms with Crippen molar-refractivity contribution in [1.29, 1.82) is 0 Å². The molecule has 0 amide bonds. The minimum atomic E-state index is 0.357. The molecule has 76 valence electrons. The monoisotopic (exact) mass is 256 g/mol. The molecule has 0 aliphatic carbocycles. The Morgan fingerprint density at radius 3 is 2.71 bits per heavy atom. The Morgan fingerprint density at radius 2 is 2.00 bits per heavy atom. The number of nitrogens with zero attached hydrogens (tertiary/aromatic N) is 1. The molecule has 2 rings (SSSR count). The quantitative estimate of drug-likeness (QED) is 0.801. The van der Waals surface area contributed by atoms with Crippen LogP contribution in [0.25, 0.3) is 0 Å². The van der Waals surface area contributed by atoms with Gasteiger partial charge in [0.25, 0.3) is 0 Å². The zero-order valence-electron chi connectivity index (χ0n) is 7.83. The third-order valence-electron chi connectivity index (χ3n) is 2.40. The van der Waals surface area contributed by atoms with Crippen molar-refractivity contribution in [1.82, 2.24) is 5.32 Å². The molecule has 1 aliphatic rings. The Kier molecular flexibility index (Phi) is 2.93. The standard InChI is InChI=1S/C10H13BrN2O/c11-8-1-2-10(14)9(7-8)13-5-3-12-4-6-13/h1-2,7,12,14H,3-6H2. The van der Waals surface area contributed by atoms with E-state index in [0.717, 1.165) is 36.3 Å². The second-order valence-corrected chi connectivity index (χ2v) is 4.29. The number of phenolic OH excluding ortho intramolecular Hbond substituents is 1. The van der Waals surface area contributed by atoms with Crippen LogP contribution in [0.2, 0.25) is 0 Å². The molecule has 1 aromatic rings. The van der Waals surface area contributed by atoms with E-state index < -0.39 is 0 Å². The second kappa shape index (κ2) is 4.19. The lowest BCUT2D eigenvalue weighted by Gasteiger charge is -2.30. The number of phenols is 1. The lowest BCUT2D eigenvalue weighted by Crippen LogP contribution is -2.43. The van der Waals surface area contributed by atoms with Crippen molar-refractivity contribution >= 4 is 21.6 Å². The highest BCUT2D eigenvalue weighted by atomic mass is 79.9. The van der Waals surface area contributed by atoms with Crippen molar-refractivity contribution in [2.24, 2.45) is 0 Å². The molecule has 14 heavy (non-hydrogen) atoms. The molecule has 1 saturated heterocycles. The molecule has 0 bridgehead atoms.